The standard InChI is InChI=1S/C25H33N5O4/c1-17-14-22-20(15-19(17)24(31)26-6-2-3-7-29-8-12-34-13-9-29)23-21(25(32)28-22)16-27-30(23)18-4-10-33-11-5-18/h14-16,18H,2-13H2,1H3,(H,26,31)(H,28,32). The summed E-state index contributed by atoms with van der Waals surface area (Å²) in [6.07, 6.45) is 5.33. The molecule has 1 aromatic carbocycles. The SMILES string of the molecule is Cc1cc2[nH]c(=O)c3cnn(C4CCOCC4)c3c2cc1C(=O)NCCCCN1CCOCC1. The van der Waals surface area contributed by atoms with Crippen LogP contribution in [0.2, 0.25) is 0 Å². The number of aromatic amines is 1. The first-order valence-corrected chi connectivity index (χ1v) is 12.3. The summed E-state index contributed by atoms with van der Waals surface area (Å²) in [7, 11) is 0. The summed E-state index contributed by atoms with van der Waals surface area (Å²) in [5.41, 5.74) is 2.84. The van der Waals surface area contributed by atoms with Gasteiger partial charge in [0.1, 0.15) is 0 Å². The number of amides is 1. The third kappa shape index (κ3) is 4.73. The number of hydrogen-bond donors (Lipinski definition) is 2. The van der Waals surface area contributed by atoms with Gasteiger partial charge in [0.15, 0.2) is 0 Å². The van der Waals surface area contributed by atoms with E-state index in [1.807, 2.05) is 23.7 Å². The lowest BCUT2D eigenvalue weighted by Crippen LogP contribution is -2.37. The van der Waals surface area contributed by atoms with Crippen molar-refractivity contribution in [3.05, 3.63) is 39.8 Å². The van der Waals surface area contributed by atoms with Gasteiger partial charge in [-0.1, -0.05) is 0 Å². The van der Waals surface area contributed by atoms with E-state index in [1.165, 1.54) is 0 Å². The number of carbonyl (C=O) groups is 1. The molecule has 0 bridgehead atoms. The normalized spacial score (nSPS) is 18.0. The highest BCUT2D eigenvalue weighted by Gasteiger charge is 2.22. The van der Waals surface area contributed by atoms with Gasteiger partial charge in [-0.15, -0.1) is 0 Å². The Hall–Kier alpha value is -2.75. The summed E-state index contributed by atoms with van der Waals surface area (Å²) in [4.78, 5) is 31.1. The maximum Gasteiger partial charge on any atom is 0.259 e. The molecule has 2 aromatic heterocycles. The molecule has 2 saturated heterocycles. The van der Waals surface area contributed by atoms with Crippen molar-refractivity contribution in [2.45, 2.75) is 38.6 Å². The highest BCUT2D eigenvalue weighted by molar-refractivity contribution is 6.07. The number of ether oxygens (including phenoxy) is 2. The molecule has 2 aliphatic heterocycles. The number of carbonyl (C=O) groups excluding carboxylic acids is 1. The van der Waals surface area contributed by atoms with Crippen molar-refractivity contribution in [2.24, 2.45) is 0 Å². The van der Waals surface area contributed by atoms with Crippen LogP contribution in [0.25, 0.3) is 21.8 Å². The molecular formula is C25H33N5O4. The highest BCUT2D eigenvalue weighted by Crippen LogP contribution is 2.29. The van der Waals surface area contributed by atoms with Crippen LogP contribution in [-0.4, -0.2) is 78.2 Å². The van der Waals surface area contributed by atoms with Gasteiger partial charge in [-0.2, -0.15) is 5.10 Å². The minimum Gasteiger partial charge on any atom is -0.381 e. The maximum atomic E-state index is 13.1. The van der Waals surface area contributed by atoms with E-state index in [0.717, 1.165) is 80.5 Å². The molecule has 9 heteroatoms. The minimum absolute atomic E-state index is 0.0812. The largest absolute Gasteiger partial charge is 0.381 e. The number of unbranched alkanes of at least 4 members (excludes halogenated alkanes) is 1. The number of H-pyrrole nitrogens is 1. The van der Waals surface area contributed by atoms with Crippen LogP contribution in [0.5, 0.6) is 0 Å². The average molecular weight is 468 g/mol. The molecule has 5 rings (SSSR count). The summed E-state index contributed by atoms with van der Waals surface area (Å²) in [5.74, 6) is -0.0812. The molecule has 2 fully saturated rings. The van der Waals surface area contributed by atoms with Gasteiger partial charge in [-0.3, -0.25) is 19.2 Å². The van der Waals surface area contributed by atoms with Gasteiger partial charge in [-0.25, -0.2) is 0 Å². The van der Waals surface area contributed by atoms with E-state index < -0.39 is 0 Å². The highest BCUT2D eigenvalue weighted by atomic mass is 16.5. The fourth-order valence-corrected chi connectivity index (χ4v) is 5.03. The van der Waals surface area contributed by atoms with Gasteiger partial charge in [0, 0.05) is 43.8 Å². The number of hydrogen-bond acceptors (Lipinski definition) is 6. The number of nitrogens with one attached hydrogen (secondary N) is 2. The van der Waals surface area contributed by atoms with Crippen molar-refractivity contribution >= 4 is 27.7 Å². The topological polar surface area (TPSA) is 101 Å². The van der Waals surface area contributed by atoms with E-state index in [9.17, 15) is 9.59 Å². The maximum absolute atomic E-state index is 13.1. The van der Waals surface area contributed by atoms with Crippen LogP contribution in [-0.2, 0) is 9.47 Å². The second-order valence-electron chi connectivity index (χ2n) is 9.28. The molecule has 182 valence electrons. The molecule has 2 N–H and O–H groups in total. The summed E-state index contributed by atoms with van der Waals surface area (Å²) in [6, 6.07) is 3.98. The van der Waals surface area contributed by atoms with Gasteiger partial charge in [0.05, 0.1) is 41.9 Å². The Morgan fingerprint density at radius 1 is 1.12 bits per heavy atom. The number of pyridine rings is 1. The number of rotatable bonds is 7. The van der Waals surface area contributed by atoms with Gasteiger partial charge in [-0.05, 0) is 56.8 Å². The zero-order valence-electron chi connectivity index (χ0n) is 19.8. The Kier molecular flexibility index (Phi) is 6.94. The second-order valence-corrected chi connectivity index (χ2v) is 9.28. The molecule has 2 aliphatic rings. The van der Waals surface area contributed by atoms with Crippen molar-refractivity contribution in [1.82, 2.24) is 25.0 Å². The molecule has 0 radical (unpaired) electrons. The molecule has 34 heavy (non-hydrogen) atoms. The number of fused-ring (bicyclic) bond motifs is 3. The fraction of sp³-hybridized carbons (Fsp3) is 0.560. The van der Waals surface area contributed by atoms with Crippen LogP contribution in [0.15, 0.2) is 23.1 Å². The number of morpholine rings is 1. The molecule has 0 unspecified atom stereocenters. The van der Waals surface area contributed by atoms with E-state index in [-0.39, 0.29) is 17.5 Å². The smallest absolute Gasteiger partial charge is 0.259 e. The molecular weight excluding hydrogens is 434 g/mol. The van der Waals surface area contributed by atoms with Gasteiger partial charge < -0.3 is 19.8 Å². The number of aromatic nitrogens is 3. The molecule has 9 nitrogen and oxygen atoms in total. The lowest BCUT2D eigenvalue weighted by atomic mass is 10.0. The van der Waals surface area contributed by atoms with E-state index in [2.05, 4.69) is 20.3 Å². The van der Waals surface area contributed by atoms with Crippen LogP contribution in [0, 0.1) is 6.92 Å². The predicted molar refractivity (Wildman–Crippen MR) is 131 cm³/mol. The summed E-state index contributed by atoms with van der Waals surface area (Å²) in [5, 5.41) is 9.05. The summed E-state index contributed by atoms with van der Waals surface area (Å²) >= 11 is 0. The van der Waals surface area contributed by atoms with Crippen LogP contribution >= 0.6 is 0 Å². The predicted octanol–water partition coefficient (Wildman–Crippen LogP) is 2.38. The zero-order chi connectivity index (χ0) is 23.5. The number of benzene rings is 1. The van der Waals surface area contributed by atoms with Crippen molar-refractivity contribution in [1.29, 1.82) is 0 Å². The first kappa shape index (κ1) is 23.0. The van der Waals surface area contributed by atoms with Gasteiger partial charge in [0.2, 0.25) is 0 Å². The fourth-order valence-electron chi connectivity index (χ4n) is 5.03. The van der Waals surface area contributed by atoms with Crippen molar-refractivity contribution in [2.75, 3.05) is 52.6 Å². The van der Waals surface area contributed by atoms with Crippen molar-refractivity contribution < 1.29 is 14.3 Å². The molecule has 3 aromatic rings. The lowest BCUT2D eigenvalue weighted by Gasteiger charge is -2.26. The minimum atomic E-state index is -0.155. The Morgan fingerprint density at radius 3 is 2.68 bits per heavy atom. The van der Waals surface area contributed by atoms with E-state index in [1.54, 1.807) is 6.20 Å². The van der Waals surface area contributed by atoms with Crippen molar-refractivity contribution in [3.63, 3.8) is 0 Å². The van der Waals surface area contributed by atoms with Crippen molar-refractivity contribution in [3.8, 4) is 0 Å². The molecule has 0 spiro atoms. The first-order chi connectivity index (χ1) is 16.6. The number of nitrogens with zero attached hydrogens (tertiary/aromatic N) is 3. The first-order valence-electron chi connectivity index (χ1n) is 12.3. The van der Waals surface area contributed by atoms with E-state index >= 15 is 0 Å². The summed E-state index contributed by atoms with van der Waals surface area (Å²) in [6.45, 7) is 8.56. The van der Waals surface area contributed by atoms with Crippen LogP contribution in [0.1, 0.15) is 47.6 Å². The Bertz CT molecular complexity index is 1220. The second kappa shape index (κ2) is 10.2. The zero-order valence-corrected chi connectivity index (χ0v) is 19.8. The van der Waals surface area contributed by atoms with Gasteiger partial charge in [0.25, 0.3) is 11.5 Å². The molecule has 0 aliphatic carbocycles. The Labute approximate surface area is 198 Å². The van der Waals surface area contributed by atoms with Crippen LogP contribution in [0.4, 0.5) is 0 Å². The summed E-state index contributed by atoms with van der Waals surface area (Å²) < 4.78 is 12.9. The molecule has 1 amide bonds. The third-order valence-electron chi connectivity index (χ3n) is 6.98. The molecule has 4 heterocycles. The van der Waals surface area contributed by atoms with Crippen LogP contribution < -0.4 is 10.9 Å². The lowest BCUT2D eigenvalue weighted by molar-refractivity contribution is 0.0372. The third-order valence-corrected chi connectivity index (χ3v) is 6.98. The average Bonchev–Trinajstić information content (AvgIpc) is 3.31. The monoisotopic (exact) mass is 467 g/mol. The van der Waals surface area contributed by atoms with E-state index in [4.69, 9.17) is 9.47 Å². The molecule has 0 atom stereocenters. The van der Waals surface area contributed by atoms with Crippen LogP contribution in [0.3, 0.4) is 0 Å². The van der Waals surface area contributed by atoms with E-state index in [0.29, 0.717) is 30.7 Å². The van der Waals surface area contributed by atoms with Gasteiger partial charge >= 0.3 is 0 Å². The number of aryl methyl sites for hydroxylation is 1. The quantitative estimate of drug-likeness (QED) is 0.518. The Balaban J connectivity index is 1.35. The Morgan fingerprint density at radius 2 is 1.88 bits per heavy atom. The molecule has 0 saturated carbocycles.